The van der Waals surface area contributed by atoms with Crippen LogP contribution in [0.25, 0.3) is 0 Å². The minimum atomic E-state index is -1.63. The van der Waals surface area contributed by atoms with Gasteiger partial charge >= 0.3 is 8.03 Å². The van der Waals surface area contributed by atoms with Crippen molar-refractivity contribution in [3.05, 3.63) is 23.8 Å². The number of hydrogen-bond donors (Lipinski definition) is 1. The predicted molar refractivity (Wildman–Crippen MR) is 55.7 cm³/mol. The monoisotopic (exact) mass is 214 g/mol. The van der Waals surface area contributed by atoms with E-state index in [1.165, 1.54) is 7.11 Å². The third-order valence-electron chi connectivity index (χ3n) is 1.81. The molecule has 1 rings (SSSR count). The van der Waals surface area contributed by atoms with E-state index in [0.29, 0.717) is 17.6 Å². The lowest BCUT2D eigenvalue weighted by Crippen LogP contribution is -1.93. The van der Waals surface area contributed by atoms with Crippen LogP contribution in [0.3, 0.4) is 0 Å². The summed E-state index contributed by atoms with van der Waals surface area (Å²) in [6.07, 6.45) is 0.377. The van der Waals surface area contributed by atoms with E-state index in [4.69, 9.17) is 15.0 Å². The van der Waals surface area contributed by atoms with E-state index in [0.717, 1.165) is 5.56 Å². The molecule has 0 heterocycles. The molecule has 0 bridgehead atoms. The van der Waals surface area contributed by atoms with Gasteiger partial charge in [0.25, 0.3) is 0 Å². The lowest BCUT2D eigenvalue weighted by atomic mass is 10.2. The number of nitrogen functional groups attached to an aromatic ring is 1. The van der Waals surface area contributed by atoms with Gasteiger partial charge in [0.15, 0.2) is 0 Å². The SMILES string of the molecule is COc1cc(C[P+](=O)OC)ccc1N. The van der Waals surface area contributed by atoms with Crippen molar-refractivity contribution in [1.29, 1.82) is 0 Å². The number of methoxy groups -OCH3 is 1. The molecule has 0 aliphatic rings. The van der Waals surface area contributed by atoms with Gasteiger partial charge in [0.1, 0.15) is 5.75 Å². The summed E-state index contributed by atoms with van der Waals surface area (Å²) >= 11 is 0. The third-order valence-corrected chi connectivity index (χ3v) is 2.84. The van der Waals surface area contributed by atoms with Gasteiger partial charge in [0.2, 0.25) is 6.16 Å². The first-order valence-electron chi connectivity index (χ1n) is 4.08. The number of nitrogens with two attached hydrogens (primary N) is 1. The van der Waals surface area contributed by atoms with Crippen LogP contribution in [0, 0.1) is 0 Å². The normalized spacial score (nSPS) is 11.1. The molecule has 0 radical (unpaired) electrons. The minimum absolute atomic E-state index is 0.377. The summed E-state index contributed by atoms with van der Waals surface area (Å²) in [6.45, 7) is 0. The maximum Gasteiger partial charge on any atom is 0.512 e. The molecule has 0 saturated heterocycles. The summed E-state index contributed by atoms with van der Waals surface area (Å²) in [6, 6.07) is 5.30. The molecular weight excluding hydrogens is 201 g/mol. The fourth-order valence-electron chi connectivity index (χ4n) is 1.07. The highest BCUT2D eigenvalue weighted by Crippen LogP contribution is 2.30. The van der Waals surface area contributed by atoms with Gasteiger partial charge in [-0.2, -0.15) is 0 Å². The van der Waals surface area contributed by atoms with Crippen LogP contribution in [0.2, 0.25) is 0 Å². The average Bonchev–Trinajstić information content (AvgIpc) is 2.20. The molecule has 76 valence electrons. The maximum absolute atomic E-state index is 11.1. The molecule has 0 aromatic heterocycles. The van der Waals surface area contributed by atoms with E-state index in [1.807, 2.05) is 6.07 Å². The van der Waals surface area contributed by atoms with Crippen molar-refractivity contribution < 1.29 is 13.8 Å². The van der Waals surface area contributed by atoms with Crippen molar-refractivity contribution in [3.8, 4) is 5.75 Å². The maximum atomic E-state index is 11.1. The Bertz CT molecular complexity index is 341. The first kappa shape index (κ1) is 11.0. The summed E-state index contributed by atoms with van der Waals surface area (Å²) < 4.78 is 20.9. The van der Waals surface area contributed by atoms with Gasteiger partial charge in [-0.15, -0.1) is 4.52 Å². The molecule has 1 atom stereocenters. The van der Waals surface area contributed by atoms with E-state index < -0.39 is 8.03 Å². The molecular formula is C9H13NO3P+. The van der Waals surface area contributed by atoms with Gasteiger partial charge in [-0.1, -0.05) is 6.07 Å². The van der Waals surface area contributed by atoms with Gasteiger partial charge in [-0.25, -0.2) is 0 Å². The Morgan fingerprint density at radius 1 is 1.43 bits per heavy atom. The Morgan fingerprint density at radius 3 is 2.71 bits per heavy atom. The van der Waals surface area contributed by atoms with Gasteiger partial charge in [0.05, 0.1) is 19.9 Å². The molecule has 0 saturated carbocycles. The zero-order chi connectivity index (χ0) is 10.6. The number of anilines is 1. The number of rotatable bonds is 4. The van der Waals surface area contributed by atoms with Crippen molar-refractivity contribution in [2.75, 3.05) is 20.0 Å². The highest BCUT2D eigenvalue weighted by molar-refractivity contribution is 7.38. The van der Waals surface area contributed by atoms with Gasteiger partial charge in [-0.05, 0) is 16.7 Å². The fourth-order valence-corrected chi connectivity index (χ4v) is 1.69. The minimum Gasteiger partial charge on any atom is -0.495 e. The zero-order valence-corrected chi connectivity index (χ0v) is 9.08. The van der Waals surface area contributed by atoms with Crippen molar-refractivity contribution in [3.63, 3.8) is 0 Å². The molecule has 1 aromatic rings. The van der Waals surface area contributed by atoms with Crippen LogP contribution in [0.5, 0.6) is 5.75 Å². The molecule has 2 N–H and O–H groups in total. The molecule has 1 unspecified atom stereocenters. The largest absolute Gasteiger partial charge is 0.512 e. The summed E-state index contributed by atoms with van der Waals surface area (Å²) in [4.78, 5) is 0. The summed E-state index contributed by atoms with van der Waals surface area (Å²) in [5, 5.41) is 0. The van der Waals surface area contributed by atoms with Crippen LogP contribution in [0.15, 0.2) is 18.2 Å². The smallest absolute Gasteiger partial charge is 0.495 e. The second-order valence-corrected chi connectivity index (χ2v) is 4.10. The molecule has 0 aliphatic heterocycles. The lowest BCUT2D eigenvalue weighted by molar-refractivity contribution is 0.412. The predicted octanol–water partition coefficient (Wildman–Crippen LogP) is 2.17. The van der Waals surface area contributed by atoms with E-state index in [-0.39, 0.29) is 0 Å². The molecule has 0 amide bonds. The second kappa shape index (κ2) is 4.94. The summed E-state index contributed by atoms with van der Waals surface area (Å²) in [5.41, 5.74) is 7.10. The van der Waals surface area contributed by atoms with E-state index >= 15 is 0 Å². The molecule has 1 aromatic carbocycles. The fraction of sp³-hybridized carbons (Fsp3) is 0.333. The third kappa shape index (κ3) is 2.69. The molecule has 4 nitrogen and oxygen atoms in total. The zero-order valence-electron chi connectivity index (χ0n) is 8.19. The van der Waals surface area contributed by atoms with Crippen molar-refractivity contribution in [2.24, 2.45) is 0 Å². The van der Waals surface area contributed by atoms with Crippen LogP contribution < -0.4 is 10.5 Å². The standard InChI is InChI=1S/C9H13NO3P/c1-12-9-5-7(3-4-8(9)10)6-14(11)13-2/h3-5H,6,10H2,1-2H3/q+1. The molecule has 0 aliphatic carbocycles. The van der Waals surface area contributed by atoms with Gasteiger partial charge in [0, 0.05) is 5.56 Å². The topological polar surface area (TPSA) is 61.5 Å². The Balaban J connectivity index is 2.84. The highest BCUT2D eigenvalue weighted by atomic mass is 31.1. The Morgan fingerprint density at radius 2 is 2.14 bits per heavy atom. The van der Waals surface area contributed by atoms with Crippen molar-refractivity contribution >= 4 is 13.7 Å². The van der Waals surface area contributed by atoms with E-state index in [9.17, 15) is 4.57 Å². The van der Waals surface area contributed by atoms with Gasteiger partial charge < -0.3 is 10.5 Å². The Labute approximate surface area is 83.9 Å². The second-order valence-electron chi connectivity index (χ2n) is 2.75. The van der Waals surface area contributed by atoms with Crippen molar-refractivity contribution in [2.45, 2.75) is 6.16 Å². The van der Waals surface area contributed by atoms with E-state index in [1.54, 1.807) is 19.2 Å². The summed E-state index contributed by atoms with van der Waals surface area (Å²) in [7, 11) is 1.34. The van der Waals surface area contributed by atoms with Crippen LogP contribution >= 0.6 is 8.03 Å². The van der Waals surface area contributed by atoms with Crippen LogP contribution in [0.1, 0.15) is 5.56 Å². The lowest BCUT2D eigenvalue weighted by Gasteiger charge is -2.03. The molecule has 14 heavy (non-hydrogen) atoms. The van der Waals surface area contributed by atoms with Crippen molar-refractivity contribution in [1.82, 2.24) is 0 Å². The van der Waals surface area contributed by atoms with Crippen LogP contribution in [-0.4, -0.2) is 14.2 Å². The number of ether oxygens (including phenoxy) is 1. The summed E-state index contributed by atoms with van der Waals surface area (Å²) in [5.74, 6) is 0.599. The Hall–Kier alpha value is -1.12. The number of hydrogen-bond acceptors (Lipinski definition) is 4. The van der Waals surface area contributed by atoms with Crippen LogP contribution in [0.4, 0.5) is 5.69 Å². The molecule has 0 fully saturated rings. The van der Waals surface area contributed by atoms with Gasteiger partial charge in [-0.3, -0.25) is 0 Å². The first-order chi connectivity index (χ1) is 6.67. The first-order valence-corrected chi connectivity index (χ1v) is 5.45. The van der Waals surface area contributed by atoms with E-state index in [2.05, 4.69) is 0 Å². The molecule has 5 heteroatoms. The van der Waals surface area contributed by atoms with Crippen LogP contribution in [-0.2, 0) is 15.3 Å². The Kier molecular flexibility index (Phi) is 3.86. The molecule has 0 spiro atoms. The number of benzene rings is 1. The highest BCUT2D eigenvalue weighted by Gasteiger charge is 2.16. The quantitative estimate of drug-likeness (QED) is 0.616. The average molecular weight is 214 g/mol.